The summed E-state index contributed by atoms with van der Waals surface area (Å²) in [6.07, 6.45) is 1.93. The number of carboxylic acids is 1. The molecule has 7 nitrogen and oxygen atoms in total. The van der Waals surface area contributed by atoms with Gasteiger partial charge in [0.15, 0.2) is 11.6 Å². The molecule has 1 unspecified atom stereocenters. The monoisotopic (exact) mass is 525 g/mol. The summed E-state index contributed by atoms with van der Waals surface area (Å²) in [6.45, 7) is 3.99. The molecule has 38 heavy (non-hydrogen) atoms. The van der Waals surface area contributed by atoms with E-state index in [4.69, 9.17) is 14.7 Å². The Labute approximate surface area is 217 Å². The van der Waals surface area contributed by atoms with Crippen LogP contribution in [0, 0.1) is 17.6 Å². The molecular formula is C28H26F3N3O4. The van der Waals surface area contributed by atoms with Crippen LogP contribution in [0.1, 0.15) is 47.6 Å². The molecule has 1 fully saturated rings. The molecule has 0 amide bonds. The molecule has 5 rings (SSSR count). The maximum Gasteiger partial charge on any atom is 0.347 e. The number of hydrogen-bond acceptors (Lipinski definition) is 6. The lowest BCUT2D eigenvalue weighted by molar-refractivity contribution is -0.149. The number of rotatable bonds is 7. The Hall–Kier alpha value is -3.76. The molecule has 0 radical (unpaired) electrons. The fourth-order valence-corrected chi connectivity index (χ4v) is 4.90. The largest absolute Gasteiger partial charge is 0.478 e. The Balaban J connectivity index is 1.28. The quantitative estimate of drug-likeness (QED) is 0.272. The normalized spacial score (nSPS) is 17.8. The molecule has 0 aliphatic carbocycles. The third kappa shape index (κ3) is 5.27. The molecule has 1 aromatic heterocycles. The van der Waals surface area contributed by atoms with Crippen molar-refractivity contribution in [1.82, 2.24) is 9.88 Å². The highest BCUT2D eigenvalue weighted by atomic mass is 19.2. The minimum atomic E-state index is -1.22. The van der Waals surface area contributed by atoms with Crippen molar-refractivity contribution in [3.05, 3.63) is 100 Å². The second-order valence-electron chi connectivity index (χ2n) is 9.57. The SMILES string of the molecule is CC(ON=C(c1ccc(CN2CCC3(CC2)OCc2cc(F)ncc23)cc1)c1ccc(F)c(F)c1)C(=O)O. The number of carbonyl (C=O) groups is 1. The summed E-state index contributed by atoms with van der Waals surface area (Å²) in [7, 11) is 0. The predicted octanol–water partition coefficient (Wildman–Crippen LogP) is 4.76. The number of benzene rings is 2. The number of fused-ring (bicyclic) bond motifs is 2. The number of carboxylic acid groups (broad SMARTS) is 1. The molecule has 0 saturated carbocycles. The Bertz CT molecular complexity index is 1370. The third-order valence-corrected chi connectivity index (χ3v) is 7.09. The van der Waals surface area contributed by atoms with Crippen LogP contribution < -0.4 is 0 Å². The minimum absolute atomic E-state index is 0.186. The number of aromatic nitrogens is 1. The second-order valence-corrected chi connectivity index (χ2v) is 9.57. The molecule has 0 bridgehead atoms. The van der Waals surface area contributed by atoms with E-state index in [2.05, 4.69) is 15.0 Å². The lowest BCUT2D eigenvalue weighted by atomic mass is 9.84. The van der Waals surface area contributed by atoms with Crippen LogP contribution in [0.25, 0.3) is 0 Å². The van der Waals surface area contributed by atoms with E-state index in [1.165, 1.54) is 19.1 Å². The maximum absolute atomic E-state index is 13.9. The number of aliphatic carboxylic acids is 1. The number of nitrogens with zero attached hydrogens (tertiary/aromatic N) is 3. The average Bonchev–Trinajstić information content (AvgIpc) is 3.25. The zero-order valence-electron chi connectivity index (χ0n) is 20.7. The number of pyridine rings is 1. The van der Waals surface area contributed by atoms with Gasteiger partial charge in [-0.25, -0.2) is 18.6 Å². The van der Waals surface area contributed by atoms with E-state index in [-0.39, 0.29) is 11.3 Å². The fraction of sp³-hybridized carbons (Fsp3) is 0.321. The van der Waals surface area contributed by atoms with Crippen LogP contribution in [0.3, 0.4) is 0 Å². The molecule has 2 aliphatic heterocycles. The van der Waals surface area contributed by atoms with Crippen LogP contribution in [-0.2, 0) is 33.1 Å². The Morgan fingerprint density at radius 1 is 1.11 bits per heavy atom. The highest BCUT2D eigenvalue weighted by Gasteiger charge is 2.43. The summed E-state index contributed by atoms with van der Waals surface area (Å²) in [5, 5.41) is 13.1. The van der Waals surface area contributed by atoms with Gasteiger partial charge in [0.1, 0.15) is 5.71 Å². The highest BCUT2D eigenvalue weighted by molar-refractivity contribution is 6.12. The molecule has 10 heteroatoms. The van der Waals surface area contributed by atoms with Crippen LogP contribution in [-0.4, -0.2) is 45.9 Å². The molecule has 1 N–H and O–H groups in total. The van der Waals surface area contributed by atoms with Crippen molar-refractivity contribution in [2.45, 2.75) is 44.6 Å². The summed E-state index contributed by atoms with van der Waals surface area (Å²) in [5.41, 5.74) is 3.45. The van der Waals surface area contributed by atoms with E-state index in [1.54, 1.807) is 18.3 Å². The minimum Gasteiger partial charge on any atom is -0.478 e. The summed E-state index contributed by atoms with van der Waals surface area (Å²) >= 11 is 0. The first kappa shape index (κ1) is 25.9. The van der Waals surface area contributed by atoms with Gasteiger partial charge >= 0.3 is 5.97 Å². The smallest absolute Gasteiger partial charge is 0.347 e. The van der Waals surface area contributed by atoms with Crippen LogP contribution in [0.5, 0.6) is 0 Å². The predicted molar refractivity (Wildman–Crippen MR) is 132 cm³/mol. The number of hydrogen-bond donors (Lipinski definition) is 1. The van der Waals surface area contributed by atoms with Crippen LogP contribution in [0.2, 0.25) is 0 Å². The van der Waals surface area contributed by atoms with Gasteiger partial charge in [0.2, 0.25) is 12.1 Å². The van der Waals surface area contributed by atoms with E-state index in [0.717, 1.165) is 54.8 Å². The lowest BCUT2D eigenvalue weighted by Gasteiger charge is -2.39. The summed E-state index contributed by atoms with van der Waals surface area (Å²) in [6, 6.07) is 12.2. The number of piperidine rings is 1. The molecule has 2 aliphatic rings. The first-order valence-corrected chi connectivity index (χ1v) is 12.3. The summed E-state index contributed by atoms with van der Waals surface area (Å²) in [4.78, 5) is 22.4. The van der Waals surface area contributed by atoms with Crippen LogP contribution in [0.15, 0.2) is 59.9 Å². The van der Waals surface area contributed by atoms with Gasteiger partial charge in [-0.1, -0.05) is 29.4 Å². The van der Waals surface area contributed by atoms with E-state index >= 15 is 0 Å². The van der Waals surface area contributed by atoms with Gasteiger partial charge in [-0.15, -0.1) is 0 Å². The van der Waals surface area contributed by atoms with Crippen molar-refractivity contribution >= 4 is 11.7 Å². The molecule has 2 aromatic carbocycles. The second kappa shape index (κ2) is 10.5. The molecule has 3 heterocycles. The average molecular weight is 526 g/mol. The number of ether oxygens (including phenoxy) is 1. The van der Waals surface area contributed by atoms with E-state index in [9.17, 15) is 18.0 Å². The standard InChI is InChI=1S/C28H26F3N3O4/c1-17(27(35)36)38-33-26(20-6-7-23(29)24(30)12-20)19-4-2-18(3-5-19)15-34-10-8-28(9-11-34)22-14-32-25(31)13-21(22)16-37-28/h2-7,12-14,17H,8-11,15-16H2,1H3,(H,35,36). The zero-order valence-corrected chi connectivity index (χ0v) is 20.7. The number of halogens is 3. The molecule has 1 saturated heterocycles. The van der Waals surface area contributed by atoms with E-state index < -0.39 is 35.3 Å². The van der Waals surface area contributed by atoms with Crippen molar-refractivity contribution in [1.29, 1.82) is 0 Å². The third-order valence-electron chi connectivity index (χ3n) is 7.09. The van der Waals surface area contributed by atoms with Gasteiger partial charge < -0.3 is 14.7 Å². The molecule has 1 spiro atoms. The fourth-order valence-electron chi connectivity index (χ4n) is 4.90. The topological polar surface area (TPSA) is 84.3 Å². The van der Waals surface area contributed by atoms with Crippen LogP contribution in [0.4, 0.5) is 13.2 Å². The lowest BCUT2D eigenvalue weighted by Crippen LogP contribution is -2.42. The van der Waals surface area contributed by atoms with E-state index in [0.29, 0.717) is 18.7 Å². The van der Waals surface area contributed by atoms with Crippen molar-refractivity contribution in [2.75, 3.05) is 13.1 Å². The Kier molecular flexibility index (Phi) is 7.18. The molecule has 3 aromatic rings. The number of likely N-dealkylation sites (tertiary alicyclic amines) is 1. The zero-order chi connectivity index (χ0) is 26.9. The van der Waals surface area contributed by atoms with E-state index in [1.807, 2.05) is 12.1 Å². The molecule has 1 atom stereocenters. The Morgan fingerprint density at radius 2 is 1.82 bits per heavy atom. The maximum atomic E-state index is 13.9. The Morgan fingerprint density at radius 3 is 2.50 bits per heavy atom. The van der Waals surface area contributed by atoms with Crippen molar-refractivity contribution in [2.24, 2.45) is 5.16 Å². The van der Waals surface area contributed by atoms with Gasteiger partial charge in [0, 0.05) is 42.5 Å². The van der Waals surface area contributed by atoms with Crippen molar-refractivity contribution < 1.29 is 32.6 Å². The van der Waals surface area contributed by atoms with Gasteiger partial charge in [0.25, 0.3) is 0 Å². The van der Waals surface area contributed by atoms with Gasteiger partial charge in [-0.05, 0) is 55.2 Å². The van der Waals surface area contributed by atoms with Crippen molar-refractivity contribution in [3.8, 4) is 0 Å². The van der Waals surface area contributed by atoms with Crippen molar-refractivity contribution in [3.63, 3.8) is 0 Å². The summed E-state index contributed by atoms with van der Waals surface area (Å²) < 4.78 is 47.0. The van der Waals surface area contributed by atoms with Crippen LogP contribution >= 0.6 is 0 Å². The number of oxime groups is 1. The highest BCUT2D eigenvalue weighted by Crippen LogP contribution is 2.44. The first-order chi connectivity index (χ1) is 18.2. The molecule has 198 valence electrons. The summed E-state index contributed by atoms with van der Waals surface area (Å²) in [5.74, 6) is -3.74. The van der Waals surface area contributed by atoms with Gasteiger partial charge in [-0.3, -0.25) is 4.90 Å². The van der Waals surface area contributed by atoms with Gasteiger partial charge in [0.05, 0.1) is 12.2 Å². The molecular weight excluding hydrogens is 499 g/mol. The van der Waals surface area contributed by atoms with Gasteiger partial charge in [-0.2, -0.15) is 4.39 Å². The first-order valence-electron chi connectivity index (χ1n) is 12.3.